The van der Waals surface area contributed by atoms with Gasteiger partial charge in [0.15, 0.2) is 0 Å². The molecule has 0 aliphatic heterocycles. The summed E-state index contributed by atoms with van der Waals surface area (Å²) in [6, 6.07) is 0. The van der Waals surface area contributed by atoms with Gasteiger partial charge < -0.3 is 9.05 Å². The first kappa shape index (κ1) is 16.5. The molecular formula is C9H18BrF2O3P. The standard InChI is InChI=1S/C9H18BrF2O3P/c1-3-5-7-14-16(13,9(10,11)12)15-8-6-4-2/h3-8H2,1-2H3. The highest BCUT2D eigenvalue weighted by Crippen LogP contribution is 2.65. The second-order valence-corrected chi connectivity index (χ2v) is 7.02. The summed E-state index contributed by atoms with van der Waals surface area (Å²) in [5, 5.41) is 0. The van der Waals surface area contributed by atoms with Gasteiger partial charge in [0, 0.05) is 15.9 Å². The molecule has 0 fully saturated rings. The first-order valence-electron chi connectivity index (χ1n) is 5.33. The van der Waals surface area contributed by atoms with Crippen LogP contribution in [0, 0.1) is 0 Å². The van der Waals surface area contributed by atoms with Gasteiger partial charge in [0.05, 0.1) is 13.2 Å². The summed E-state index contributed by atoms with van der Waals surface area (Å²) in [7, 11) is -4.38. The molecule has 0 aliphatic rings. The van der Waals surface area contributed by atoms with Gasteiger partial charge in [-0.25, -0.2) is 0 Å². The molecule has 0 atom stereocenters. The Kier molecular flexibility index (Phi) is 7.98. The fraction of sp³-hybridized carbons (Fsp3) is 1.00. The van der Waals surface area contributed by atoms with Crippen LogP contribution in [-0.2, 0) is 13.6 Å². The average molecular weight is 323 g/mol. The van der Waals surface area contributed by atoms with Gasteiger partial charge in [0.2, 0.25) is 0 Å². The average Bonchev–Trinajstić information content (AvgIpc) is 2.17. The molecule has 0 aromatic rings. The third kappa shape index (κ3) is 5.71. The normalized spacial score (nSPS) is 13.1. The molecule has 0 spiro atoms. The van der Waals surface area contributed by atoms with E-state index in [0.29, 0.717) is 12.8 Å². The summed E-state index contributed by atoms with van der Waals surface area (Å²) < 4.78 is 43.6. The molecule has 0 aliphatic carbocycles. The highest BCUT2D eigenvalue weighted by atomic mass is 79.9. The zero-order valence-corrected chi connectivity index (χ0v) is 12.0. The van der Waals surface area contributed by atoms with Crippen LogP contribution in [0.5, 0.6) is 0 Å². The summed E-state index contributed by atoms with van der Waals surface area (Å²) in [6.45, 7) is 3.80. The van der Waals surface area contributed by atoms with Crippen LogP contribution in [0.3, 0.4) is 0 Å². The summed E-state index contributed by atoms with van der Waals surface area (Å²) in [6.07, 6.45) is 2.71. The number of halogens is 3. The van der Waals surface area contributed by atoms with Gasteiger partial charge in [0.1, 0.15) is 0 Å². The van der Waals surface area contributed by atoms with E-state index >= 15 is 0 Å². The zero-order valence-electron chi connectivity index (χ0n) is 9.55. The summed E-state index contributed by atoms with van der Waals surface area (Å²) >= 11 is 2.06. The van der Waals surface area contributed by atoms with Crippen molar-refractivity contribution in [2.75, 3.05) is 13.2 Å². The van der Waals surface area contributed by atoms with E-state index in [2.05, 4.69) is 15.9 Å². The van der Waals surface area contributed by atoms with Gasteiger partial charge in [-0.1, -0.05) is 26.7 Å². The lowest BCUT2D eigenvalue weighted by atomic mass is 10.4. The molecule has 0 amide bonds. The van der Waals surface area contributed by atoms with E-state index in [1.54, 1.807) is 0 Å². The fourth-order valence-corrected chi connectivity index (χ4v) is 2.56. The maximum absolute atomic E-state index is 13.0. The molecule has 0 rings (SSSR count). The smallest absolute Gasteiger partial charge is 0.304 e. The Morgan fingerprint density at radius 1 is 1.12 bits per heavy atom. The minimum absolute atomic E-state index is 0.0150. The number of rotatable bonds is 9. The van der Waals surface area contributed by atoms with Gasteiger partial charge in [0.25, 0.3) is 0 Å². The van der Waals surface area contributed by atoms with Crippen molar-refractivity contribution in [3.63, 3.8) is 0 Å². The van der Waals surface area contributed by atoms with Gasteiger partial charge in [-0.3, -0.25) is 4.57 Å². The molecule has 0 aromatic heterocycles. The molecule has 0 saturated heterocycles. The lowest BCUT2D eigenvalue weighted by molar-refractivity contribution is 0.109. The van der Waals surface area contributed by atoms with Gasteiger partial charge in [-0.2, -0.15) is 8.78 Å². The first-order valence-corrected chi connectivity index (χ1v) is 7.67. The molecule has 16 heavy (non-hydrogen) atoms. The van der Waals surface area contributed by atoms with Crippen molar-refractivity contribution >= 4 is 23.5 Å². The van der Waals surface area contributed by atoms with E-state index in [4.69, 9.17) is 9.05 Å². The van der Waals surface area contributed by atoms with Crippen molar-refractivity contribution in [2.45, 2.75) is 44.1 Å². The van der Waals surface area contributed by atoms with Crippen LogP contribution >= 0.6 is 23.5 Å². The number of alkyl halides is 3. The van der Waals surface area contributed by atoms with E-state index < -0.39 is 12.2 Å². The second-order valence-electron chi connectivity index (χ2n) is 3.34. The van der Waals surface area contributed by atoms with E-state index in [1.165, 1.54) is 0 Å². The van der Waals surface area contributed by atoms with Crippen LogP contribution in [0.1, 0.15) is 39.5 Å². The van der Waals surface area contributed by atoms with Crippen LogP contribution in [0.4, 0.5) is 8.78 Å². The van der Waals surface area contributed by atoms with E-state index in [0.717, 1.165) is 12.8 Å². The molecule has 0 unspecified atom stereocenters. The molecule has 3 nitrogen and oxygen atoms in total. The zero-order chi connectivity index (χ0) is 12.7. The predicted molar refractivity (Wildman–Crippen MR) is 63.2 cm³/mol. The third-order valence-electron chi connectivity index (χ3n) is 1.83. The molecule has 0 bridgehead atoms. The van der Waals surface area contributed by atoms with E-state index in [-0.39, 0.29) is 13.2 Å². The Balaban J connectivity index is 4.33. The number of unbranched alkanes of at least 4 members (excludes halogenated alkanes) is 2. The maximum atomic E-state index is 13.0. The number of hydrogen-bond donors (Lipinski definition) is 0. The van der Waals surface area contributed by atoms with Crippen LogP contribution < -0.4 is 0 Å². The summed E-state index contributed by atoms with van der Waals surface area (Å²) in [4.78, 5) is 0. The largest absolute Gasteiger partial charge is 0.411 e. The van der Waals surface area contributed by atoms with Crippen LogP contribution in [0.2, 0.25) is 0 Å². The van der Waals surface area contributed by atoms with Crippen molar-refractivity contribution in [3.8, 4) is 0 Å². The Hall–Kier alpha value is 0.490. The number of hydrogen-bond acceptors (Lipinski definition) is 3. The molecule has 0 heterocycles. The quantitative estimate of drug-likeness (QED) is 0.349. The lowest BCUT2D eigenvalue weighted by Crippen LogP contribution is -2.13. The Labute approximate surface area is 104 Å². The Morgan fingerprint density at radius 3 is 1.75 bits per heavy atom. The van der Waals surface area contributed by atoms with Crippen LogP contribution in [0.15, 0.2) is 0 Å². The maximum Gasteiger partial charge on any atom is 0.411 e. The van der Waals surface area contributed by atoms with E-state index in [9.17, 15) is 13.3 Å². The van der Waals surface area contributed by atoms with E-state index in [1.807, 2.05) is 13.8 Å². The van der Waals surface area contributed by atoms with Crippen LogP contribution in [-0.4, -0.2) is 17.8 Å². The molecule has 7 heteroatoms. The van der Waals surface area contributed by atoms with Gasteiger partial charge >= 0.3 is 12.2 Å². The summed E-state index contributed by atoms with van der Waals surface area (Å²) in [5.74, 6) is 0. The Morgan fingerprint density at radius 2 is 1.50 bits per heavy atom. The van der Waals surface area contributed by atoms with Gasteiger partial charge in [-0.05, 0) is 12.8 Å². The van der Waals surface area contributed by atoms with Crippen molar-refractivity contribution in [2.24, 2.45) is 0 Å². The third-order valence-corrected chi connectivity index (χ3v) is 4.80. The fourth-order valence-electron chi connectivity index (χ4n) is 0.842. The lowest BCUT2D eigenvalue weighted by Gasteiger charge is -2.22. The molecule has 0 N–H and O–H groups in total. The topological polar surface area (TPSA) is 35.5 Å². The Bertz CT molecular complexity index is 219. The predicted octanol–water partition coefficient (Wildman–Crippen LogP) is 4.76. The molecular weight excluding hydrogens is 305 g/mol. The highest BCUT2D eigenvalue weighted by Gasteiger charge is 2.51. The molecule has 0 aromatic carbocycles. The molecule has 98 valence electrons. The molecule has 0 saturated carbocycles. The van der Waals surface area contributed by atoms with Crippen molar-refractivity contribution in [3.05, 3.63) is 0 Å². The highest BCUT2D eigenvalue weighted by molar-refractivity contribution is 9.11. The molecule has 0 radical (unpaired) electrons. The summed E-state index contributed by atoms with van der Waals surface area (Å²) in [5.41, 5.74) is 0. The van der Waals surface area contributed by atoms with Crippen LogP contribution in [0.25, 0.3) is 0 Å². The monoisotopic (exact) mass is 322 g/mol. The van der Waals surface area contributed by atoms with Crippen molar-refractivity contribution < 1.29 is 22.4 Å². The van der Waals surface area contributed by atoms with Crippen molar-refractivity contribution in [1.82, 2.24) is 0 Å². The minimum atomic E-state index is -4.38. The second kappa shape index (κ2) is 7.75. The SMILES string of the molecule is CCCCOP(=O)(OCCCC)C(F)(F)Br. The minimum Gasteiger partial charge on any atom is -0.304 e. The first-order chi connectivity index (χ1) is 7.37. The van der Waals surface area contributed by atoms with Gasteiger partial charge in [-0.15, -0.1) is 0 Å². The van der Waals surface area contributed by atoms with Crippen molar-refractivity contribution in [1.29, 1.82) is 0 Å².